The van der Waals surface area contributed by atoms with Crippen molar-refractivity contribution in [2.45, 2.75) is 19.6 Å². The summed E-state index contributed by atoms with van der Waals surface area (Å²) in [4.78, 5) is 32.1. The monoisotopic (exact) mass is 550 g/mol. The number of H-pyrrole nitrogens is 1. The van der Waals surface area contributed by atoms with Crippen molar-refractivity contribution in [2.24, 2.45) is 5.41 Å². The first-order chi connectivity index (χ1) is 19.4. The molecule has 0 aliphatic carbocycles. The van der Waals surface area contributed by atoms with Gasteiger partial charge in [0.25, 0.3) is 0 Å². The number of amides is 1. The molecule has 40 heavy (non-hydrogen) atoms. The Hall–Kier alpha value is -3.71. The standard InChI is InChI=1S/C28H35FN8O3/c1-3-10-31-26(38)28(2)16-39-25(40-17-28)24-35-22(19-5-7-20(29)8-6-19)23(36-24)21-9-12-33-27(34-21)32-11-4-14-37-15-13-30-18-37/h3,5-9,12,25,30H,1,4,10-11,13-18H2,2H3,(H,31,38)(H,35,36)(H,32,33,34). The Morgan fingerprint density at radius 2 is 2.05 bits per heavy atom. The van der Waals surface area contributed by atoms with Crippen molar-refractivity contribution in [1.29, 1.82) is 0 Å². The number of ether oxygens (including phenoxy) is 2. The van der Waals surface area contributed by atoms with Crippen LogP contribution in [0.25, 0.3) is 22.6 Å². The summed E-state index contributed by atoms with van der Waals surface area (Å²) in [5.74, 6) is 0.420. The number of imidazole rings is 1. The predicted octanol–water partition coefficient (Wildman–Crippen LogP) is 2.69. The van der Waals surface area contributed by atoms with Crippen LogP contribution in [0.3, 0.4) is 0 Å². The van der Waals surface area contributed by atoms with Gasteiger partial charge in [0, 0.05) is 51.2 Å². The van der Waals surface area contributed by atoms with E-state index in [9.17, 15) is 9.18 Å². The fourth-order valence-corrected chi connectivity index (χ4v) is 4.61. The molecule has 4 N–H and O–H groups in total. The van der Waals surface area contributed by atoms with E-state index in [-0.39, 0.29) is 24.9 Å². The summed E-state index contributed by atoms with van der Waals surface area (Å²) in [6.07, 6.45) is 3.46. The Kier molecular flexibility index (Phi) is 8.80. The quantitative estimate of drug-likeness (QED) is 0.210. The molecule has 5 rings (SSSR count). The van der Waals surface area contributed by atoms with Gasteiger partial charge in [0.05, 0.1) is 35.7 Å². The first kappa shape index (κ1) is 27.8. The molecule has 1 amide bonds. The van der Waals surface area contributed by atoms with E-state index in [2.05, 4.69) is 37.4 Å². The first-order valence-electron chi connectivity index (χ1n) is 13.4. The van der Waals surface area contributed by atoms with Gasteiger partial charge in [0.1, 0.15) is 5.82 Å². The molecule has 2 aromatic heterocycles. The highest BCUT2D eigenvalue weighted by Crippen LogP contribution is 2.35. The van der Waals surface area contributed by atoms with E-state index in [1.165, 1.54) is 12.1 Å². The number of carbonyl (C=O) groups excluding carboxylic acids is 1. The van der Waals surface area contributed by atoms with Crippen LogP contribution in [0, 0.1) is 11.2 Å². The fraction of sp³-hybridized carbons (Fsp3) is 0.429. The van der Waals surface area contributed by atoms with Gasteiger partial charge >= 0.3 is 0 Å². The minimum absolute atomic E-state index is 0.150. The van der Waals surface area contributed by atoms with Gasteiger partial charge in [-0.15, -0.1) is 6.58 Å². The Morgan fingerprint density at radius 1 is 1.25 bits per heavy atom. The number of nitrogens with one attached hydrogen (secondary N) is 4. The van der Waals surface area contributed by atoms with Gasteiger partial charge in [-0.1, -0.05) is 6.08 Å². The first-order valence-corrected chi connectivity index (χ1v) is 13.4. The van der Waals surface area contributed by atoms with Gasteiger partial charge in [0.15, 0.2) is 5.82 Å². The van der Waals surface area contributed by atoms with Gasteiger partial charge < -0.3 is 30.4 Å². The molecule has 0 unspecified atom stereocenters. The number of rotatable bonds is 11. The Balaban J connectivity index is 1.34. The van der Waals surface area contributed by atoms with Crippen LogP contribution in [0.5, 0.6) is 0 Å². The topological polar surface area (TPSA) is 129 Å². The number of carbonyl (C=O) groups is 1. The highest BCUT2D eigenvalue weighted by atomic mass is 19.1. The lowest BCUT2D eigenvalue weighted by atomic mass is 9.91. The summed E-state index contributed by atoms with van der Waals surface area (Å²) >= 11 is 0. The summed E-state index contributed by atoms with van der Waals surface area (Å²) < 4.78 is 25.6. The lowest BCUT2D eigenvalue weighted by molar-refractivity contribution is -0.230. The van der Waals surface area contributed by atoms with E-state index in [0.29, 0.717) is 41.0 Å². The van der Waals surface area contributed by atoms with Crippen molar-refractivity contribution >= 4 is 11.9 Å². The van der Waals surface area contributed by atoms with Crippen LogP contribution < -0.4 is 16.0 Å². The summed E-state index contributed by atoms with van der Waals surface area (Å²) in [7, 11) is 0. The number of benzene rings is 1. The van der Waals surface area contributed by atoms with Gasteiger partial charge in [-0.2, -0.15) is 0 Å². The molecule has 2 aliphatic rings. The molecule has 0 atom stereocenters. The summed E-state index contributed by atoms with van der Waals surface area (Å²) in [5.41, 5.74) is 1.68. The zero-order valence-electron chi connectivity index (χ0n) is 22.6. The normalized spacial score (nSPS) is 21.3. The average molecular weight is 551 g/mol. The molecule has 0 radical (unpaired) electrons. The number of halogens is 1. The Labute approximate surface area is 232 Å². The molecule has 2 aliphatic heterocycles. The molecule has 0 saturated carbocycles. The van der Waals surface area contributed by atoms with E-state index in [1.807, 2.05) is 0 Å². The van der Waals surface area contributed by atoms with E-state index in [0.717, 1.165) is 39.3 Å². The fourth-order valence-electron chi connectivity index (χ4n) is 4.61. The number of aromatic amines is 1. The third-order valence-electron chi connectivity index (χ3n) is 6.91. The molecule has 12 heteroatoms. The number of hydrogen-bond donors (Lipinski definition) is 4. The average Bonchev–Trinajstić information content (AvgIpc) is 3.66. The molecule has 11 nitrogen and oxygen atoms in total. The van der Waals surface area contributed by atoms with Crippen LogP contribution in [-0.4, -0.2) is 83.3 Å². The summed E-state index contributed by atoms with van der Waals surface area (Å²) in [5, 5.41) is 9.43. The van der Waals surface area contributed by atoms with Crippen molar-refractivity contribution < 1.29 is 18.7 Å². The number of aromatic nitrogens is 4. The molecule has 2 saturated heterocycles. The molecule has 1 aromatic carbocycles. The minimum atomic E-state index is -0.840. The molecule has 2 fully saturated rings. The van der Waals surface area contributed by atoms with Crippen LogP contribution >= 0.6 is 0 Å². The van der Waals surface area contributed by atoms with Crippen LogP contribution in [-0.2, 0) is 14.3 Å². The Bertz CT molecular complexity index is 1300. The summed E-state index contributed by atoms with van der Waals surface area (Å²) in [6, 6.07) is 7.88. The second kappa shape index (κ2) is 12.6. The van der Waals surface area contributed by atoms with Gasteiger partial charge in [-0.05, 0) is 43.7 Å². The van der Waals surface area contributed by atoms with Crippen LogP contribution in [0.15, 0.2) is 49.2 Å². The third-order valence-corrected chi connectivity index (χ3v) is 6.91. The maximum Gasteiger partial charge on any atom is 0.230 e. The van der Waals surface area contributed by atoms with Crippen molar-refractivity contribution in [1.82, 2.24) is 35.5 Å². The van der Waals surface area contributed by atoms with Crippen molar-refractivity contribution in [3.63, 3.8) is 0 Å². The number of hydrogen-bond acceptors (Lipinski definition) is 9. The molecule has 0 bridgehead atoms. The van der Waals surface area contributed by atoms with E-state index in [4.69, 9.17) is 19.4 Å². The largest absolute Gasteiger partial charge is 0.354 e. The molecule has 212 valence electrons. The minimum Gasteiger partial charge on any atom is -0.354 e. The van der Waals surface area contributed by atoms with E-state index >= 15 is 0 Å². The second-order valence-electron chi connectivity index (χ2n) is 10.2. The molecular formula is C28H35FN8O3. The van der Waals surface area contributed by atoms with Gasteiger partial charge in [-0.25, -0.2) is 19.3 Å². The highest BCUT2D eigenvalue weighted by Gasteiger charge is 2.40. The smallest absolute Gasteiger partial charge is 0.230 e. The van der Waals surface area contributed by atoms with E-state index < -0.39 is 11.7 Å². The maximum atomic E-state index is 13.7. The molecule has 0 spiro atoms. The van der Waals surface area contributed by atoms with Gasteiger partial charge in [0.2, 0.25) is 18.1 Å². The highest BCUT2D eigenvalue weighted by molar-refractivity contribution is 5.82. The SMILES string of the molecule is C=CCNC(=O)C1(C)COC(c2nc(-c3ccc(F)cc3)c(-c3ccnc(NCCCN4CCNC4)n3)[nH]2)OC1. The molecule has 3 aromatic rings. The Morgan fingerprint density at radius 3 is 2.77 bits per heavy atom. The summed E-state index contributed by atoms with van der Waals surface area (Å²) in [6.45, 7) is 10.8. The van der Waals surface area contributed by atoms with Crippen LogP contribution in [0.2, 0.25) is 0 Å². The molecular weight excluding hydrogens is 515 g/mol. The number of nitrogens with zero attached hydrogens (tertiary/aromatic N) is 4. The molecule has 4 heterocycles. The second-order valence-corrected chi connectivity index (χ2v) is 10.2. The number of anilines is 1. The predicted molar refractivity (Wildman–Crippen MR) is 149 cm³/mol. The maximum absolute atomic E-state index is 13.7. The van der Waals surface area contributed by atoms with E-state index in [1.54, 1.807) is 37.4 Å². The van der Waals surface area contributed by atoms with Crippen molar-refractivity contribution in [3.8, 4) is 22.6 Å². The zero-order chi connectivity index (χ0) is 28.0. The van der Waals surface area contributed by atoms with Crippen LogP contribution in [0.1, 0.15) is 25.5 Å². The lowest BCUT2D eigenvalue weighted by Crippen LogP contribution is -2.48. The lowest BCUT2D eigenvalue weighted by Gasteiger charge is -2.35. The van der Waals surface area contributed by atoms with Gasteiger partial charge in [-0.3, -0.25) is 9.69 Å². The van der Waals surface area contributed by atoms with Crippen molar-refractivity contribution in [3.05, 3.63) is 60.8 Å². The van der Waals surface area contributed by atoms with Crippen LogP contribution in [0.4, 0.5) is 10.3 Å². The zero-order valence-corrected chi connectivity index (χ0v) is 22.6. The van der Waals surface area contributed by atoms with Crippen molar-refractivity contribution in [2.75, 3.05) is 57.9 Å². The third kappa shape index (κ3) is 6.53.